The molecule has 3 rings (SSSR count). The molecular formula is C16H24N4. The Bertz CT molecular complexity index is 579. The lowest BCUT2D eigenvalue weighted by Crippen LogP contribution is -2.39. The van der Waals surface area contributed by atoms with Gasteiger partial charge in [0.1, 0.15) is 0 Å². The van der Waals surface area contributed by atoms with Gasteiger partial charge in [-0.15, -0.1) is 0 Å². The van der Waals surface area contributed by atoms with Crippen molar-refractivity contribution in [3.63, 3.8) is 0 Å². The fraction of sp³-hybridized carbons (Fsp3) is 0.562. The number of hydrogen-bond donors (Lipinski definition) is 1. The highest BCUT2D eigenvalue weighted by Crippen LogP contribution is 2.23. The van der Waals surface area contributed by atoms with Crippen LogP contribution in [0.4, 0.5) is 0 Å². The van der Waals surface area contributed by atoms with Crippen molar-refractivity contribution in [2.45, 2.75) is 32.4 Å². The largest absolute Gasteiger partial charge is 0.328 e. The smallest absolute Gasteiger partial charge is 0.0843 e. The van der Waals surface area contributed by atoms with Gasteiger partial charge in [0.25, 0.3) is 0 Å². The number of piperidine rings is 1. The van der Waals surface area contributed by atoms with Gasteiger partial charge >= 0.3 is 0 Å². The lowest BCUT2D eigenvalue weighted by atomic mass is 9.91. The number of para-hydroxylation sites is 1. The molecule has 4 nitrogen and oxygen atoms in total. The minimum atomic E-state index is 0.327. The van der Waals surface area contributed by atoms with E-state index in [1.54, 1.807) is 0 Å². The van der Waals surface area contributed by atoms with Gasteiger partial charge in [-0.3, -0.25) is 9.58 Å². The third kappa shape index (κ3) is 2.58. The Morgan fingerprint density at radius 1 is 1.30 bits per heavy atom. The Morgan fingerprint density at radius 3 is 2.70 bits per heavy atom. The summed E-state index contributed by atoms with van der Waals surface area (Å²) in [6.45, 7) is 5.35. The zero-order valence-electron chi connectivity index (χ0n) is 12.4. The normalized spacial score (nSPS) is 19.6. The van der Waals surface area contributed by atoms with E-state index in [2.05, 4.69) is 41.2 Å². The van der Waals surface area contributed by atoms with Gasteiger partial charge in [0.15, 0.2) is 0 Å². The van der Waals surface area contributed by atoms with Crippen LogP contribution in [-0.4, -0.2) is 33.8 Å². The topological polar surface area (TPSA) is 47.1 Å². The zero-order valence-corrected chi connectivity index (χ0v) is 12.4. The van der Waals surface area contributed by atoms with Crippen LogP contribution in [0.5, 0.6) is 0 Å². The van der Waals surface area contributed by atoms with Crippen LogP contribution in [0, 0.1) is 5.92 Å². The molecule has 2 aromatic rings. The molecular weight excluding hydrogens is 248 g/mol. The highest BCUT2D eigenvalue weighted by atomic mass is 15.3. The van der Waals surface area contributed by atoms with Gasteiger partial charge in [-0.1, -0.05) is 18.2 Å². The number of likely N-dealkylation sites (tertiary alicyclic amines) is 1. The summed E-state index contributed by atoms with van der Waals surface area (Å²) in [5.74, 6) is 0.687. The monoisotopic (exact) mass is 272 g/mol. The van der Waals surface area contributed by atoms with Crippen LogP contribution in [0.15, 0.2) is 24.3 Å². The summed E-state index contributed by atoms with van der Waals surface area (Å²) in [5.41, 5.74) is 8.42. The lowest BCUT2D eigenvalue weighted by molar-refractivity contribution is 0.164. The number of hydrogen-bond acceptors (Lipinski definition) is 3. The molecule has 2 heterocycles. The first-order valence-corrected chi connectivity index (χ1v) is 7.53. The van der Waals surface area contributed by atoms with Crippen molar-refractivity contribution in [3.8, 4) is 0 Å². The van der Waals surface area contributed by atoms with Gasteiger partial charge in [-0.2, -0.15) is 5.10 Å². The number of benzene rings is 1. The van der Waals surface area contributed by atoms with Crippen molar-refractivity contribution in [1.82, 2.24) is 14.7 Å². The average Bonchev–Trinajstić information content (AvgIpc) is 2.77. The molecule has 0 aliphatic carbocycles. The standard InChI is InChI=1S/C16H24N4/c1-12(17)13-7-9-20(10-8-13)11-15-14-5-3-4-6-16(14)19(2)18-15/h3-6,12-13H,7-11,17H2,1-2H3. The molecule has 1 saturated heterocycles. The highest BCUT2D eigenvalue weighted by Gasteiger charge is 2.22. The molecule has 1 aliphatic rings. The number of nitrogens with two attached hydrogens (primary N) is 1. The number of nitrogens with zero attached hydrogens (tertiary/aromatic N) is 3. The van der Waals surface area contributed by atoms with E-state index >= 15 is 0 Å². The third-order valence-corrected chi connectivity index (χ3v) is 4.58. The molecule has 1 atom stereocenters. The molecule has 1 unspecified atom stereocenters. The van der Waals surface area contributed by atoms with E-state index in [4.69, 9.17) is 5.73 Å². The summed E-state index contributed by atoms with van der Waals surface area (Å²) in [7, 11) is 2.02. The van der Waals surface area contributed by atoms with Crippen LogP contribution in [0.2, 0.25) is 0 Å². The predicted octanol–water partition coefficient (Wildman–Crippen LogP) is 2.13. The van der Waals surface area contributed by atoms with E-state index in [0.717, 1.165) is 19.6 Å². The summed E-state index contributed by atoms with van der Waals surface area (Å²) in [6, 6.07) is 8.80. The third-order valence-electron chi connectivity index (χ3n) is 4.58. The van der Waals surface area contributed by atoms with Gasteiger partial charge < -0.3 is 5.73 Å². The fourth-order valence-corrected chi connectivity index (χ4v) is 3.25. The van der Waals surface area contributed by atoms with Crippen LogP contribution >= 0.6 is 0 Å². The van der Waals surface area contributed by atoms with Crippen LogP contribution in [0.25, 0.3) is 10.9 Å². The second-order valence-corrected chi connectivity index (χ2v) is 6.06. The van der Waals surface area contributed by atoms with Crippen molar-refractivity contribution in [3.05, 3.63) is 30.0 Å². The van der Waals surface area contributed by atoms with Crippen molar-refractivity contribution in [1.29, 1.82) is 0 Å². The number of fused-ring (bicyclic) bond motifs is 1. The van der Waals surface area contributed by atoms with Gasteiger partial charge in [0, 0.05) is 25.0 Å². The second-order valence-electron chi connectivity index (χ2n) is 6.06. The summed E-state index contributed by atoms with van der Waals surface area (Å²) < 4.78 is 1.99. The molecule has 1 aliphatic heterocycles. The van der Waals surface area contributed by atoms with Crippen molar-refractivity contribution in [2.75, 3.05) is 13.1 Å². The molecule has 0 bridgehead atoms. The molecule has 0 radical (unpaired) electrons. The van der Waals surface area contributed by atoms with Gasteiger partial charge in [0.2, 0.25) is 0 Å². The van der Waals surface area contributed by atoms with Gasteiger partial charge in [-0.25, -0.2) is 0 Å². The van der Waals surface area contributed by atoms with Crippen LogP contribution < -0.4 is 5.73 Å². The minimum Gasteiger partial charge on any atom is -0.328 e. The number of rotatable bonds is 3. The number of aryl methyl sites for hydroxylation is 1. The zero-order chi connectivity index (χ0) is 14.1. The molecule has 4 heteroatoms. The first-order chi connectivity index (χ1) is 9.65. The fourth-order valence-electron chi connectivity index (χ4n) is 3.25. The Kier molecular flexibility index (Phi) is 3.76. The lowest BCUT2D eigenvalue weighted by Gasteiger charge is -2.33. The second kappa shape index (κ2) is 5.54. The summed E-state index contributed by atoms with van der Waals surface area (Å²) >= 11 is 0. The van der Waals surface area contributed by atoms with Crippen LogP contribution in [0.1, 0.15) is 25.5 Å². The molecule has 0 saturated carbocycles. The SMILES string of the molecule is CC(N)C1CCN(Cc2nn(C)c3ccccc23)CC1. The predicted molar refractivity (Wildman–Crippen MR) is 82.4 cm³/mol. The van der Waals surface area contributed by atoms with E-state index in [1.165, 1.54) is 29.4 Å². The number of aromatic nitrogens is 2. The summed E-state index contributed by atoms with van der Waals surface area (Å²) in [4.78, 5) is 2.51. The van der Waals surface area contributed by atoms with Crippen molar-refractivity contribution >= 4 is 10.9 Å². The molecule has 20 heavy (non-hydrogen) atoms. The Labute approximate surface area is 120 Å². The van der Waals surface area contributed by atoms with Crippen LogP contribution in [0.3, 0.4) is 0 Å². The first kappa shape index (κ1) is 13.6. The van der Waals surface area contributed by atoms with E-state index < -0.39 is 0 Å². The maximum absolute atomic E-state index is 6.01. The van der Waals surface area contributed by atoms with E-state index in [1.807, 2.05) is 11.7 Å². The highest BCUT2D eigenvalue weighted by molar-refractivity contribution is 5.81. The average molecular weight is 272 g/mol. The maximum Gasteiger partial charge on any atom is 0.0843 e. The van der Waals surface area contributed by atoms with Gasteiger partial charge in [0.05, 0.1) is 11.2 Å². The Morgan fingerprint density at radius 2 is 2.00 bits per heavy atom. The molecule has 1 aromatic heterocycles. The summed E-state index contributed by atoms with van der Waals surface area (Å²) in [6.07, 6.45) is 2.42. The van der Waals surface area contributed by atoms with E-state index in [0.29, 0.717) is 12.0 Å². The Balaban J connectivity index is 1.72. The molecule has 2 N–H and O–H groups in total. The Hall–Kier alpha value is -1.39. The van der Waals surface area contributed by atoms with E-state index in [-0.39, 0.29) is 0 Å². The molecule has 0 amide bonds. The summed E-state index contributed by atoms with van der Waals surface area (Å²) in [5, 5.41) is 5.97. The molecule has 1 fully saturated rings. The quantitative estimate of drug-likeness (QED) is 0.931. The van der Waals surface area contributed by atoms with Gasteiger partial charge in [-0.05, 0) is 44.8 Å². The van der Waals surface area contributed by atoms with Crippen molar-refractivity contribution < 1.29 is 0 Å². The molecule has 0 spiro atoms. The van der Waals surface area contributed by atoms with Crippen molar-refractivity contribution in [2.24, 2.45) is 18.7 Å². The first-order valence-electron chi connectivity index (χ1n) is 7.53. The maximum atomic E-state index is 6.01. The van der Waals surface area contributed by atoms with E-state index in [9.17, 15) is 0 Å². The molecule has 1 aromatic carbocycles. The minimum absolute atomic E-state index is 0.327. The molecule has 108 valence electrons. The van der Waals surface area contributed by atoms with Crippen LogP contribution in [-0.2, 0) is 13.6 Å².